The summed E-state index contributed by atoms with van der Waals surface area (Å²) in [6, 6.07) is 7.78. The van der Waals surface area contributed by atoms with E-state index in [0.717, 1.165) is 6.42 Å². The van der Waals surface area contributed by atoms with E-state index in [2.05, 4.69) is 16.4 Å². The number of esters is 1. The van der Waals surface area contributed by atoms with Crippen LogP contribution in [0, 0.1) is 0 Å². The van der Waals surface area contributed by atoms with Crippen LogP contribution < -0.4 is 4.74 Å². The number of rotatable bonds is 12. The van der Waals surface area contributed by atoms with Gasteiger partial charge in [-0.25, -0.2) is 4.79 Å². The van der Waals surface area contributed by atoms with Crippen LogP contribution in [0.2, 0.25) is 0 Å². The van der Waals surface area contributed by atoms with Crippen LogP contribution in [0.15, 0.2) is 24.3 Å². The molecule has 0 spiro atoms. The van der Waals surface area contributed by atoms with E-state index < -0.39 is 6.10 Å². The fourth-order valence-corrected chi connectivity index (χ4v) is 2.55. The molecule has 0 aliphatic heterocycles. The Morgan fingerprint density at radius 1 is 1.00 bits per heavy atom. The van der Waals surface area contributed by atoms with Crippen LogP contribution >= 0.6 is 9.47 Å². The van der Waals surface area contributed by atoms with Gasteiger partial charge in [0.15, 0.2) is 6.10 Å². The minimum atomic E-state index is -0.572. The molecule has 0 heterocycles. The molecule has 0 N–H and O–H groups in total. The van der Waals surface area contributed by atoms with Crippen LogP contribution in [0.5, 0.6) is 5.75 Å². The summed E-state index contributed by atoms with van der Waals surface area (Å²) in [5.41, 5.74) is 1.30. The fraction of sp³-hybridized carbons (Fsp3) is 0.632. The van der Waals surface area contributed by atoms with Crippen LogP contribution in [0.1, 0.15) is 70.8 Å². The number of benzene rings is 1. The molecule has 4 heteroatoms. The van der Waals surface area contributed by atoms with E-state index in [1.165, 1.54) is 56.9 Å². The number of hydrogen-bond acceptors (Lipinski definition) is 3. The molecule has 0 amide bonds. The number of aryl methyl sites for hydroxylation is 1. The number of unbranched alkanes of at least 4 members (excludes halogenated alkanes) is 7. The fourth-order valence-electron chi connectivity index (χ4n) is 2.44. The summed E-state index contributed by atoms with van der Waals surface area (Å²) >= 11 is 0. The molecule has 0 saturated heterocycles. The summed E-state index contributed by atoms with van der Waals surface area (Å²) in [5.74, 6) is 0.194. The standard InChI is InChI=1S/C19H31O3P/c1-3-4-5-6-7-8-9-10-11-17-12-14-18(15-13-17)21-19(20)16(2)22-23/h12-16H,3-11,23H2,1-2H3. The molecule has 2 atom stereocenters. The number of carbonyl (C=O) groups is 1. The summed E-state index contributed by atoms with van der Waals surface area (Å²) in [5, 5.41) is 0. The van der Waals surface area contributed by atoms with Gasteiger partial charge in [0.05, 0.1) is 0 Å². The number of ether oxygens (including phenoxy) is 1. The van der Waals surface area contributed by atoms with Gasteiger partial charge in [-0.2, -0.15) is 0 Å². The Bertz CT molecular complexity index is 431. The normalized spacial score (nSPS) is 12.1. The van der Waals surface area contributed by atoms with Gasteiger partial charge in [-0.3, -0.25) is 0 Å². The third-order valence-corrected chi connectivity index (χ3v) is 4.41. The molecule has 1 aromatic rings. The zero-order chi connectivity index (χ0) is 16.9. The van der Waals surface area contributed by atoms with Gasteiger partial charge in [-0.1, -0.05) is 64.0 Å². The van der Waals surface area contributed by atoms with Crippen LogP contribution in [0.4, 0.5) is 0 Å². The van der Waals surface area contributed by atoms with Gasteiger partial charge in [0, 0.05) is 9.47 Å². The van der Waals surface area contributed by atoms with Gasteiger partial charge in [0.2, 0.25) is 0 Å². The molecule has 1 aromatic carbocycles. The van der Waals surface area contributed by atoms with Gasteiger partial charge >= 0.3 is 5.97 Å². The third-order valence-electron chi connectivity index (χ3n) is 4.00. The van der Waals surface area contributed by atoms with Crippen molar-refractivity contribution in [3.05, 3.63) is 29.8 Å². The lowest BCUT2D eigenvalue weighted by Gasteiger charge is -2.09. The van der Waals surface area contributed by atoms with Gasteiger partial charge in [-0.15, -0.1) is 0 Å². The highest BCUT2D eigenvalue weighted by molar-refractivity contribution is 7.09. The predicted octanol–water partition coefficient (Wildman–Crippen LogP) is 5.47. The summed E-state index contributed by atoms with van der Waals surface area (Å²) in [6.45, 7) is 3.91. The second kappa shape index (κ2) is 12.5. The Morgan fingerprint density at radius 2 is 1.57 bits per heavy atom. The van der Waals surface area contributed by atoms with Crippen molar-refractivity contribution in [1.82, 2.24) is 0 Å². The molecule has 0 aliphatic carbocycles. The first-order valence-electron chi connectivity index (χ1n) is 8.83. The van der Waals surface area contributed by atoms with Gasteiger partial charge in [0.1, 0.15) is 5.75 Å². The van der Waals surface area contributed by atoms with Crippen molar-refractivity contribution in [2.24, 2.45) is 0 Å². The smallest absolute Gasteiger partial charge is 0.340 e. The molecule has 1 rings (SSSR count). The maximum atomic E-state index is 11.6. The van der Waals surface area contributed by atoms with E-state index in [-0.39, 0.29) is 5.97 Å². The highest BCUT2D eigenvalue weighted by Crippen LogP contribution is 2.16. The maximum absolute atomic E-state index is 11.6. The lowest BCUT2D eigenvalue weighted by Crippen LogP contribution is -2.22. The average molecular weight is 338 g/mol. The predicted molar refractivity (Wildman–Crippen MR) is 98.6 cm³/mol. The first kappa shape index (κ1) is 20.1. The van der Waals surface area contributed by atoms with E-state index in [0.29, 0.717) is 5.75 Å². The topological polar surface area (TPSA) is 35.5 Å². The van der Waals surface area contributed by atoms with Gasteiger partial charge in [0.25, 0.3) is 0 Å². The van der Waals surface area contributed by atoms with Crippen molar-refractivity contribution >= 4 is 15.4 Å². The van der Waals surface area contributed by atoms with Gasteiger partial charge < -0.3 is 9.26 Å². The first-order chi connectivity index (χ1) is 11.2. The summed E-state index contributed by atoms with van der Waals surface area (Å²) in [4.78, 5) is 11.6. The maximum Gasteiger partial charge on any atom is 0.340 e. The van der Waals surface area contributed by atoms with E-state index in [9.17, 15) is 4.79 Å². The molecule has 0 fully saturated rings. The largest absolute Gasteiger partial charge is 0.425 e. The molecule has 23 heavy (non-hydrogen) atoms. The van der Waals surface area contributed by atoms with E-state index in [1.54, 1.807) is 6.92 Å². The lowest BCUT2D eigenvalue weighted by atomic mass is 10.0. The van der Waals surface area contributed by atoms with Crippen molar-refractivity contribution in [2.45, 2.75) is 77.7 Å². The minimum absolute atomic E-state index is 0.379. The monoisotopic (exact) mass is 338 g/mol. The highest BCUT2D eigenvalue weighted by Gasteiger charge is 2.13. The van der Waals surface area contributed by atoms with Crippen molar-refractivity contribution < 1.29 is 14.1 Å². The second-order valence-electron chi connectivity index (χ2n) is 6.07. The van der Waals surface area contributed by atoms with Crippen molar-refractivity contribution in [3.8, 4) is 5.75 Å². The molecule has 130 valence electrons. The van der Waals surface area contributed by atoms with Crippen molar-refractivity contribution in [2.75, 3.05) is 0 Å². The zero-order valence-corrected chi connectivity index (χ0v) is 15.7. The summed E-state index contributed by atoms with van der Waals surface area (Å²) < 4.78 is 10.1. The zero-order valence-electron chi connectivity index (χ0n) is 14.6. The molecule has 0 aliphatic rings. The van der Waals surface area contributed by atoms with Crippen LogP contribution in [0.3, 0.4) is 0 Å². The van der Waals surface area contributed by atoms with E-state index >= 15 is 0 Å². The third kappa shape index (κ3) is 9.07. The van der Waals surface area contributed by atoms with E-state index in [4.69, 9.17) is 9.26 Å². The van der Waals surface area contributed by atoms with Crippen LogP contribution in [-0.2, 0) is 15.7 Å². The van der Waals surface area contributed by atoms with Crippen molar-refractivity contribution in [3.63, 3.8) is 0 Å². The first-order valence-corrected chi connectivity index (χ1v) is 9.30. The second-order valence-corrected chi connectivity index (χ2v) is 6.34. The Hall–Kier alpha value is -0.920. The van der Waals surface area contributed by atoms with Crippen molar-refractivity contribution in [1.29, 1.82) is 0 Å². The van der Waals surface area contributed by atoms with Crippen LogP contribution in [0.25, 0.3) is 0 Å². The number of carbonyl (C=O) groups excluding carboxylic acids is 1. The minimum Gasteiger partial charge on any atom is -0.425 e. The quantitative estimate of drug-likeness (QED) is 0.219. The Kier molecular flexibility index (Phi) is 10.9. The molecule has 0 aromatic heterocycles. The summed E-state index contributed by atoms with van der Waals surface area (Å²) in [7, 11) is 2.08. The molecule has 0 radical (unpaired) electrons. The number of hydrogen-bond donors (Lipinski definition) is 0. The van der Waals surface area contributed by atoms with Gasteiger partial charge in [-0.05, 0) is 37.5 Å². The van der Waals surface area contributed by atoms with E-state index in [1.807, 2.05) is 24.3 Å². The Labute approximate surface area is 143 Å². The average Bonchev–Trinajstić information content (AvgIpc) is 2.57. The Morgan fingerprint density at radius 3 is 2.13 bits per heavy atom. The molecule has 0 bridgehead atoms. The highest BCUT2D eigenvalue weighted by atomic mass is 31.0. The molecular formula is C19H31O3P. The SMILES string of the molecule is CCCCCCCCCCc1ccc(OC(=O)C(C)OP)cc1. The molecule has 3 nitrogen and oxygen atoms in total. The Balaban J connectivity index is 2.18. The lowest BCUT2D eigenvalue weighted by molar-refractivity contribution is -0.140. The molecular weight excluding hydrogens is 307 g/mol. The molecule has 2 unspecified atom stereocenters. The molecule has 0 saturated carbocycles. The van der Waals surface area contributed by atoms with Crippen LogP contribution in [-0.4, -0.2) is 12.1 Å². The summed E-state index contributed by atoms with van der Waals surface area (Å²) in [6.07, 6.45) is 11.2.